The van der Waals surface area contributed by atoms with Crippen LogP contribution in [0.1, 0.15) is 30.9 Å². The van der Waals surface area contributed by atoms with E-state index in [1.54, 1.807) is 18.2 Å². The zero-order valence-electron chi connectivity index (χ0n) is 11.0. The fourth-order valence-corrected chi connectivity index (χ4v) is 3.18. The summed E-state index contributed by atoms with van der Waals surface area (Å²) in [5.74, 6) is -0.126. The Morgan fingerprint density at radius 3 is 2.60 bits per heavy atom. The first-order chi connectivity index (χ1) is 9.49. The first kappa shape index (κ1) is 15.6. The highest BCUT2D eigenvalue weighted by Crippen LogP contribution is 2.30. The highest BCUT2D eigenvalue weighted by atomic mass is 35.5. The topological polar surface area (TPSA) is 75.4 Å². The summed E-state index contributed by atoms with van der Waals surface area (Å²) in [7, 11) is 0. The Hall–Kier alpha value is -0.810. The number of hydrogen-bond acceptors (Lipinski definition) is 3. The fraction of sp³-hybridized carbons (Fsp3) is 0.500. The number of nitrogens with one attached hydrogen (secondary N) is 1. The number of aliphatic hydroxyl groups is 1. The summed E-state index contributed by atoms with van der Waals surface area (Å²) in [6.45, 7) is 0.0913. The van der Waals surface area contributed by atoms with Crippen molar-refractivity contribution in [1.82, 2.24) is 5.32 Å². The Morgan fingerprint density at radius 2 is 2.05 bits per heavy atom. The number of amides is 1. The monoisotopic (exact) mass is 316 g/mol. The van der Waals surface area contributed by atoms with Gasteiger partial charge >= 0.3 is 0 Å². The third-order valence-corrected chi connectivity index (χ3v) is 4.31. The summed E-state index contributed by atoms with van der Waals surface area (Å²) < 4.78 is 0. The van der Waals surface area contributed by atoms with Crippen LogP contribution in [0.25, 0.3) is 0 Å². The molecule has 0 aromatic heterocycles. The van der Waals surface area contributed by atoms with Crippen LogP contribution >= 0.6 is 23.2 Å². The van der Waals surface area contributed by atoms with Crippen molar-refractivity contribution in [2.75, 3.05) is 6.54 Å². The molecule has 1 aliphatic rings. The molecule has 1 fully saturated rings. The van der Waals surface area contributed by atoms with Gasteiger partial charge in [-0.25, -0.2) is 0 Å². The number of rotatable bonds is 4. The molecule has 0 heterocycles. The third-order valence-electron chi connectivity index (χ3n) is 3.65. The Morgan fingerprint density at radius 1 is 1.40 bits per heavy atom. The summed E-state index contributed by atoms with van der Waals surface area (Å²) in [6, 6.07) is 5.13. The van der Waals surface area contributed by atoms with Crippen molar-refractivity contribution >= 4 is 29.1 Å². The maximum absolute atomic E-state index is 12.0. The van der Waals surface area contributed by atoms with Crippen molar-refractivity contribution in [3.63, 3.8) is 0 Å². The number of benzene rings is 1. The maximum Gasteiger partial charge on any atom is 0.223 e. The van der Waals surface area contributed by atoms with Gasteiger partial charge in [-0.05, 0) is 31.4 Å². The molecular weight excluding hydrogens is 299 g/mol. The summed E-state index contributed by atoms with van der Waals surface area (Å²) in [5.41, 5.74) is 6.23. The average molecular weight is 317 g/mol. The van der Waals surface area contributed by atoms with Crippen LogP contribution in [0.15, 0.2) is 18.2 Å². The summed E-state index contributed by atoms with van der Waals surface area (Å²) >= 11 is 12.0. The predicted molar refractivity (Wildman–Crippen MR) is 79.7 cm³/mol. The van der Waals surface area contributed by atoms with Crippen molar-refractivity contribution in [3.8, 4) is 0 Å². The smallest absolute Gasteiger partial charge is 0.223 e. The largest absolute Gasteiger partial charge is 0.386 e. The molecule has 0 saturated heterocycles. The second-order valence-electron chi connectivity index (χ2n) is 5.17. The highest BCUT2D eigenvalue weighted by Gasteiger charge is 2.28. The van der Waals surface area contributed by atoms with Crippen molar-refractivity contribution in [3.05, 3.63) is 33.8 Å². The normalized spacial score (nSPS) is 23.6. The lowest BCUT2D eigenvalue weighted by Crippen LogP contribution is -2.33. The molecule has 4 N–H and O–H groups in total. The number of aliphatic hydroxyl groups excluding tert-OH is 1. The Balaban J connectivity index is 1.92. The van der Waals surface area contributed by atoms with E-state index >= 15 is 0 Å². The SMILES string of the molecule is NC1CCC(C(=O)NCC(O)c2c(Cl)cccc2Cl)C1. The van der Waals surface area contributed by atoms with E-state index in [2.05, 4.69) is 5.32 Å². The number of carbonyl (C=O) groups excluding carboxylic acids is 1. The molecule has 110 valence electrons. The molecule has 2 rings (SSSR count). The molecule has 20 heavy (non-hydrogen) atoms. The molecule has 1 aliphatic carbocycles. The summed E-state index contributed by atoms with van der Waals surface area (Å²) in [4.78, 5) is 12.0. The molecule has 0 spiro atoms. The summed E-state index contributed by atoms with van der Waals surface area (Å²) in [6.07, 6.45) is 1.46. The first-order valence-electron chi connectivity index (χ1n) is 6.64. The zero-order chi connectivity index (χ0) is 14.7. The second kappa shape index (κ2) is 6.76. The van der Waals surface area contributed by atoms with Gasteiger partial charge in [0, 0.05) is 34.1 Å². The molecule has 6 heteroatoms. The van der Waals surface area contributed by atoms with E-state index in [1.807, 2.05) is 0 Å². The third kappa shape index (κ3) is 3.64. The molecule has 1 amide bonds. The van der Waals surface area contributed by atoms with Crippen LogP contribution in [0.2, 0.25) is 10.0 Å². The van der Waals surface area contributed by atoms with Crippen molar-refractivity contribution in [1.29, 1.82) is 0 Å². The number of carbonyl (C=O) groups is 1. The molecule has 3 unspecified atom stereocenters. The van der Waals surface area contributed by atoms with Crippen LogP contribution in [0.3, 0.4) is 0 Å². The maximum atomic E-state index is 12.0. The van der Waals surface area contributed by atoms with E-state index < -0.39 is 6.10 Å². The van der Waals surface area contributed by atoms with Crippen LogP contribution in [0.5, 0.6) is 0 Å². The van der Waals surface area contributed by atoms with Crippen molar-refractivity contribution < 1.29 is 9.90 Å². The first-order valence-corrected chi connectivity index (χ1v) is 7.40. The minimum atomic E-state index is -0.921. The van der Waals surface area contributed by atoms with Gasteiger partial charge in [0.15, 0.2) is 0 Å². The van der Waals surface area contributed by atoms with Crippen LogP contribution < -0.4 is 11.1 Å². The number of halogens is 2. The lowest BCUT2D eigenvalue weighted by Gasteiger charge is -2.17. The quantitative estimate of drug-likeness (QED) is 0.797. The van der Waals surface area contributed by atoms with Gasteiger partial charge in [-0.2, -0.15) is 0 Å². The van der Waals surface area contributed by atoms with Gasteiger partial charge in [0.1, 0.15) is 0 Å². The Kier molecular flexibility index (Phi) is 5.27. The number of hydrogen-bond donors (Lipinski definition) is 3. The molecule has 4 nitrogen and oxygen atoms in total. The van der Waals surface area contributed by atoms with Gasteiger partial charge in [-0.15, -0.1) is 0 Å². The Labute approximate surface area is 128 Å². The van der Waals surface area contributed by atoms with Gasteiger partial charge < -0.3 is 16.2 Å². The van der Waals surface area contributed by atoms with E-state index in [-0.39, 0.29) is 24.4 Å². The van der Waals surface area contributed by atoms with Crippen LogP contribution in [-0.4, -0.2) is 23.6 Å². The van der Waals surface area contributed by atoms with Crippen LogP contribution in [-0.2, 0) is 4.79 Å². The van der Waals surface area contributed by atoms with E-state index in [0.29, 0.717) is 22.0 Å². The van der Waals surface area contributed by atoms with Gasteiger partial charge in [0.2, 0.25) is 5.91 Å². The lowest BCUT2D eigenvalue weighted by molar-refractivity contribution is -0.125. The molecule has 0 aliphatic heterocycles. The minimum absolute atomic E-state index is 0.0566. The minimum Gasteiger partial charge on any atom is -0.386 e. The molecular formula is C14H18Cl2N2O2. The molecule has 3 atom stereocenters. The molecule has 0 radical (unpaired) electrons. The van der Waals surface area contributed by atoms with Crippen LogP contribution in [0.4, 0.5) is 0 Å². The van der Waals surface area contributed by atoms with Gasteiger partial charge in [-0.3, -0.25) is 4.79 Å². The highest BCUT2D eigenvalue weighted by molar-refractivity contribution is 6.36. The number of nitrogens with two attached hydrogens (primary N) is 1. The Bertz CT molecular complexity index is 476. The van der Waals surface area contributed by atoms with Gasteiger partial charge in [0.05, 0.1) is 6.10 Å². The molecule has 1 aromatic carbocycles. The van der Waals surface area contributed by atoms with Gasteiger partial charge in [0.25, 0.3) is 0 Å². The van der Waals surface area contributed by atoms with Crippen molar-refractivity contribution in [2.24, 2.45) is 11.7 Å². The molecule has 0 bridgehead atoms. The predicted octanol–water partition coefficient (Wildman–Crippen LogP) is 2.27. The van der Waals surface area contributed by atoms with Crippen molar-refractivity contribution in [2.45, 2.75) is 31.4 Å². The van der Waals surface area contributed by atoms with Crippen LogP contribution in [0, 0.1) is 5.92 Å². The van der Waals surface area contributed by atoms with E-state index in [9.17, 15) is 9.90 Å². The van der Waals surface area contributed by atoms with Gasteiger partial charge in [-0.1, -0.05) is 29.3 Å². The van der Waals surface area contributed by atoms with E-state index in [1.165, 1.54) is 0 Å². The zero-order valence-corrected chi connectivity index (χ0v) is 12.5. The second-order valence-corrected chi connectivity index (χ2v) is 5.98. The lowest BCUT2D eigenvalue weighted by atomic mass is 10.1. The van der Waals surface area contributed by atoms with E-state index in [0.717, 1.165) is 12.8 Å². The summed E-state index contributed by atoms with van der Waals surface area (Å²) in [5, 5.41) is 13.6. The average Bonchev–Trinajstić information content (AvgIpc) is 2.82. The fourth-order valence-electron chi connectivity index (χ4n) is 2.53. The standard InChI is InChI=1S/C14H18Cl2N2O2/c15-10-2-1-3-11(16)13(10)12(19)7-18-14(20)8-4-5-9(17)6-8/h1-3,8-9,12,19H,4-7,17H2,(H,18,20). The molecule has 1 saturated carbocycles. The molecule has 1 aromatic rings. The van der Waals surface area contributed by atoms with E-state index in [4.69, 9.17) is 28.9 Å².